The Morgan fingerprint density at radius 2 is 1.65 bits per heavy atom. The molecule has 31 heavy (non-hydrogen) atoms. The molecular weight excluding hydrogens is 425 g/mol. The molecule has 3 aromatic rings. The molecule has 1 aromatic heterocycles. The van der Waals surface area contributed by atoms with Crippen molar-refractivity contribution < 1.29 is 18.0 Å². The molecule has 0 unspecified atom stereocenters. The third kappa shape index (κ3) is 6.65. The van der Waals surface area contributed by atoms with E-state index in [-0.39, 0.29) is 0 Å². The van der Waals surface area contributed by atoms with Gasteiger partial charge in [-0.15, -0.1) is 0 Å². The fraction of sp³-hybridized carbons (Fsp3) is 0.182. The van der Waals surface area contributed by atoms with E-state index < -0.39 is 17.6 Å². The molecule has 1 N–H and O–H groups in total. The first-order valence-electron chi connectivity index (χ1n) is 9.25. The van der Waals surface area contributed by atoms with Gasteiger partial charge in [-0.1, -0.05) is 36.0 Å². The number of carbonyl (C=O) groups excluding carboxylic acids is 1. The number of thioether (sulfide) groups is 1. The minimum Gasteiger partial charge on any atom is -0.267 e. The van der Waals surface area contributed by atoms with Gasteiger partial charge < -0.3 is 0 Å². The number of benzene rings is 2. The molecule has 0 fully saturated rings. The zero-order valence-corrected chi connectivity index (χ0v) is 17.6. The van der Waals surface area contributed by atoms with Crippen molar-refractivity contribution in [3.05, 3.63) is 88.2 Å². The molecule has 0 aliphatic heterocycles. The zero-order valence-electron chi connectivity index (χ0n) is 16.8. The first-order chi connectivity index (χ1) is 14.7. The Morgan fingerprint density at radius 1 is 1.03 bits per heavy atom. The highest BCUT2D eigenvalue weighted by Crippen LogP contribution is 2.28. The third-order valence-corrected chi connectivity index (χ3v) is 5.08. The Balaban J connectivity index is 1.53. The van der Waals surface area contributed by atoms with E-state index in [1.807, 2.05) is 32.0 Å². The number of hydrogen-bond donors (Lipinski definition) is 1. The Morgan fingerprint density at radius 3 is 2.23 bits per heavy atom. The quantitative estimate of drug-likeness (QED) is 0.247. The van der Waals surface area contributed by atoms with Crippen molar-refractivity contribution in [2.75, 3.05) is 0 Å². The van der Waals surface area contributed by atoms with Crippen LogP contribution < -0.4 is 5.43 Å². The summed E-state index contributed by atoms with van der Waals surface area (Å²) in [5.74, 6) is 0.247. The lowest BCUT2D eigenvalue weighted by Gasteiger charge is -2.06. The summed E-state index contributed by atoms with van der Waals surface area (Å²) in [6.45, 7) is 3.85. The summed E-state index contributed by atoms with van der Waals surface area (Å²) in [6, 6.07) is 13.4. The smallest absolute Gasteiger partial charge is 0.267 e. The standard InChI is InChI=1S/C22H19F3N4OS/c1-14-11-15(2)28-21(27-14)31-13-17-3-7-18(8-4-17)20(30)29-26-12-16-5-9-19(10-6-16)22(23,24)25/h3-12H,13H2,1-2H3,(H,29,30)/b26-12+. The molecule has 0 atom stereocenters. The number of aryl methyl sites for hydroxylation is 2. The van der Waals surface area contributed by atoms with Crippen LogP contribution in [0, 0.1) is 13.8 Å². The average Bonchev–Trinajstić information content (AvgIpc) is 2.71. The topological polar surface area (TPSA) is 67.2 Å². The molecular formula is C22H19F3N4OS. The minimum absolute atomic E-state index is 0.417. The number of nitrogens with one attached hydrogen (secondary N) is 1. The van der Waals surface area contributed by atoms with Gasteiger partial charge in [0.1, 0.15) is 0 Å². The van der Waals surface area contributed by atoms with E-state index in [1.54, 1.807) is 12.1 Å². The number of carbonyl (C=O) groups is 1. The molecule has 5 nitrogen and oxygen atoms in total. The summed E-state index contributed by atoms with van der Waals surface area (Å²) in [4.78, 5) is 21.0. The molecule has 0 bridgehead atoms. The van der Waals surface area contributed by atoms with Crippen LogP contribution in [0.2, 0.25) is 0 Å². The number of hydrazone groups is 1. The van der Waals surface area contributed by atoms with E-state index >= 15 is 0 Å². The third-order valence-electron chi connectivity index (χ3n) is 4.16. The Hall–Kier alpha value is -3.20. The van der Waals surface area contributed by atoms with Crippen LogP contribution in [0.5, 0.6) is 0 Å². The second-order valence-corrected chi connectivity index (χ2v) is 7.68. The molecule has 0 radical (unpaired) electrons. The molecule has 0 saturated heterocycles. The molecule has 0 spiro atoms. The van der Waals surface area contributed by atoms with Crippen molar-refractivity contribution in [2.24, 2.45) is 5.10 Å². The molecule has 1 heterocycles. The highest BCUT2D eigenvalue weighted by atomic mass is 32.2. The molecule has 9 heteroatoms. The van der Waals surface area contributed by atoms with Gasteiger partial charge in [-0.05, 0) is 55.3 Å². The molecule has 2 aromatic carbocycles. The van der Waals surface area contributed by atoms with Crippen LogP contribution in [0.3, 0.4) is 0 Å². The molecule has 0 saturated carbocycles. The molecule has 0 aliphatic rings. The summed E-state index contributed by atoms with van der Waals surface area (Å²) in [7, 11) is 0. The lowest BCUT2D eigenvalue weighted by molar-refractivity contribution is -0.137. The number of nitrogens with zero attached hydrogens (tertiary/aromatic N) is 3. The molecule has 3 rings (SSSR count). The van der Waals surface area contributed by atoms with E-state index in [2.05, 4.69) is 20.5 Å². The van der Waals surface area contributed by atoms with E-state index in [0.29, 0.717) is 22.0 Å². The van der Waals surface area contributed by atoms with E-state index in [0.717, 1.165) is 29.1 Å². The van der Waals surface area contributed by atoms with Gasteiger partial charge in [0.15, 0.2) is 5.16 Å². The first-order valence-corrected chi connectivity index (χ1v) is 10.2. The summed E-state index contributed by atoms with van der Waals surface area (Å²) in [5, 5.41) is 4.50. The highest BCUT2D eigenvalue weighted by molar-refractivity contribution is 7.98. The molecule has 0 aliphatic carbocycles. The van der Waals surface area contributed by atoms with Crippen LogP contribution in [-0.2, 0) is 11.9 Å². The number of alkyl halides is 3. The van der Waals surface area contributed by atoms with Gasteiger partial charge in [0, 0.05) is 22.7 Å². The molecule has 1 amide bonds. The van der Waals surface area contributed by atoms with E-state index in [9.17, 15) is 18.0 Å². The van der Waals surface area contributed by atoms with Crippen molar-refractivity contribution >= 4 is 23.9 Å². The van der Waals surface area contributed by atoms with Gasteiger partial charge in [-0.3, -0.25) is 4.79 Å². The number of hydrogen-bond acceptors (Lipinski definition) is 5. The predicted molar refractivity (Wildman–Crippen MR) is 114 cm³/mol. The van der Waals surface area contributed by atoms with Crippen molar-refractivity contribution in [3.63, 3.8) is 0 Å². The van der Waals surface area contributed by atoms with Crippen LogP contribution in [0.1, 0.15) is 38.4 Å². The number of rotatable bonds is 6. The number of amides is 1. The van der Waals surface area contributed by atoms with Crippen LogP contribution in [0.25, 0.3) is 0 Å². The molecule has 160 valence electrons. The Labute approximate surface area is 181 Å². The van der Waals surface area contributed by atoms with E-state index in [1.165, 1.54) is 30.1 Å². The van der Waals surface area contributed by atoms with Gasteiger partial charge in [0.05, 0.1) is 11.8 Å². The summed E-state index contributed by atoms with van der Waals surface area (Å²) in [5.41, 5.74) is 5.32. The van der Waals surface area contributed by atoms with Gasteiger partial charge in [0.25, 0.3) is 5.91 Å². The average molecular weight is 444 g/mol. The van der Waals surface area contributed by atoms with Crippen molar-refractivity contribution in [2.45, 2.75) is 30.9 Å². The van der Waals surface area contributed by atoms with Gasteiger partial charge >= 0.3 is 6.18 Å². The lowest BCUT2D eigenvalue weighted by atomic mass is 10.1. The van der Waals surface area contributed by atoms with Crippen LogP contribution in [0.15, 0.2) is 64.9 Å². The normalized spacial score (nSPS) is 11.6. The predicted octanol–water partition coefficient (Wildman–Crippen LogP) is 5.17. The summed E-state index contributed by atoms with van der Waals surface area (Å²) < 4.78 is 37.7. The summed E-state index contributed by atoms with van der Waals surface area (Å²) in [6.07, 6.45) is -3.10. The Bertz CT molecular complexity index is 1060. The fourth-order valence-corrected chi connectivity index (χ4v) is 3.55. The van der Waals surface area contributed by atoms with E-state index in [4.69, 9.17) is 0 Å². The first kappa shape index (κ1) is 22.5. The van der Waals surface area contributed by atoms with Gasteiger partial charge in [0.2, 0.25) is 0 Å². The fourth-order valence-electron chi connectivity index (χ4n) is 2.65. The van der Waals surface area contributed by atoms with Crippen molar-refractivity contribution in [1.29, 1.82) is 0 Å². The maximum atomic E-state index is 12.6. The van der Waals surface area contributed by atoms with Gasteiger partial charge in [-0.2, -0.15) is 18.3 Å². The second-order valence-electron chi connectivity index (χ2n) is 6.74. The summed E-state index contributed by atoms with van der Waals surface area (Å²) >= 11 is 1.51. The maximum Gasteiger partial charge on any atom is 0.416 e. The van der Waals surface area contributed by atoms with Crippen LogP contribution in [0.4, 0.5) is 13.2 Å². The Kier molecular flexibility index (Phi) is 7.06. The monoisotopic (exact) mass is 444 g/mol. The van der Waals surface area contributed by atoms with Crippen molar-refractivity contribution in [3.8, 4) is 0 Å². The van der Waals surface area contributed by atoms with Crippen molar-refractivity contribution in [1.82, 2.24) is 15.4 Å². The van der Waals surface area contributed by atoms with Gasteiger partial charge in [-0.25, -0.2) is 15.4 Å². The highest BCUT2D eigenvalue weighted by Gasteiger charge is 2.29. The maximum absolute atomic E-state index is 12.6. The van der Waals surface area contributed by atoms with Crippen LogP contribution >= 0.6 is 11.8 Å². The number of aromatic nitrogens is 2. The number of halogens is 3. The lowest BCUT2D eigenvalue weighted by Crippen LogP contribution is -2.17. The zero-order chi connectivity index (χ0) is 22.4. The minimum atomic E-state index is -4.39. The largest absolute Gasteiger partial charge is 0.416 e. The van der Waals surface area contributed by atoms with Crippen LogP contribution in [-0.4, -0.2) is 22.1 Å². The SMILES string of the molecule is Cc1cc(C)nc(SCc2ccc(C(=O)N/N=C/c3ccc(C(F)(F)F)cc3)cc2)n1. The second kappa shape index (κ2) is 9.74.